The number of amides is 1. The highest BCUT2D eigenvalue weighted by Crippen LogP contribution is 2.35. The molecule has 1 unspecified atom stereocenters. The lowest BCUT2D eigenvalue weighted by Crippen LogP contribution is -2.48. The van der Waals surface area contributed by atoms with Crippen LogP contribution in [0.4, 0.5) is 24.5 Å². The van der Waals surface area contributed by atoms with Crippen LogP contribution in [0.25, 0.3) is 0 Å². The second-order valence-electron chi connectivity index (χ2n) is 7.12. The molecule has 0 bridgehead atoms. The van der Waals surface area contributed by atoms with Crippen molar-refractivity contribution in [2.45, 2.75) is 26.1 Å². The minimum atomic E-state index is -5.02. The molecule has 3 rings (SSSR count). The van der Waals surface area contributed by atoms with Crippen molar-refractivity contribution in [3.8, 4) is 0 Å². The molecule has 1 aliphatic heterocycles. The molecular formula is C22H20F3N3O3S. The fourth-order valence-corrected chi connectivity index (χ4v) is 3.73. The molecule has 1 atom stereocenters. The van der Waals surface area contributed by atoms with Gasteiger partial charge < -0.3 is 15.4 Å². The lowest BCUT2D eigenvalue weighted by atomic mass is 9.94. The summed E-state index contributed by atoms with van der Waals surface area (Å²) < 4.78 is 42.8. The molecule has 0 saturated heterocycles. The van der Waals surface area contributed by atoms with Crippen LogP contribution in [0.15, 0.2) is 59.8 Å². The Morgan fingerprint density at radius 3 is 2.38 bits per heavy atom. The van der Waals surface area contributed by atoms with Gasteiger partial charge in [-0.05, 0) is 55.9 Å². The number of hydrogen-bond acceptors (Lipinski definition) is 4. The SMILES string of the molecule is COC(=O)C1=C(C)N(c2ccc(C)cc2)C(=S)NC1c1cccc(NC(=O)C(F)(F)F)c1. The van der Waals surface area contributed by atoms with Gasteiger partial charge in [-0.1, -0.05) is 29.8 Å². The van der Waals surface area contributed by atoms with E-state index < -0.39 is 24.1 Å². The monoisotopic (exact) mass is 463 g/mol. The van der Waals surface area contributed by atoms with Crippen molar-refractivity contribution < 1.29 is 27.5 Å². The van der Waals surface area contributed by atoms with Crippen molar-refractivity contribution in [1.82, 2.24) is 5.32 Å². The summed E-state index contributed by atoms with van der Waals surface area (Å²) in [6.07, 6.45) is -5.02. The Hall–Kier alpha value is -3.40. The largest absolute Gasteiger partial charge is 0.471 e. The Balaban J connectivity index is 2.04. The van der Waals surface area contributed by atoms with Crippen LogP contribution in [0.5, 0.6) is 0 Å². The molecule has 0 saturated carbocycles. The number of anilines is 2. The highest BCUT2D eigenvalue weighted by Gasteiger charge is 2.39. The number of hydrogen-bond donors (Lipinski definition) is 2. The first-order valence-corrected chi connectivity index (χ1v) is 9.88. The number of carbonyl (C=O) groups is 2. The average molecular weight is 463 g/mol. The van der Waals surface area contributed by atoms with E-state index in [0.717, 1.165) is 11.3 Å². The van der Waals surface area contributed by atoms with Gasteiger partial charge >= 0.3 is 18.1 Å². The zero-order chi connectivity index (χ0) is 23.6. The molecule has 6 nitrogen and oxygen atoms in total. The zero-order valence-electron chi connectivity index (χ0n) is 17.4. The van der Waals surface area contributed by atoms with Crippen LogP contribution in [0.1, 0.15) is 24.1 Å². The maximum Gasteiger partial charge on any atom is 0.471 e. The smallest absolute Gasteiger partial charge is 0.466 e. The van der Waals surface area contributed by atoms with E-state index in [-0.39, 0.29) is 11.3 Å². The quantitative estimate of drug-likeness (QED) is 0.518. The van der Waals surface area contributed by atoms with Gasteiger partial charge in [0.15, 0.2) is 5.11 Å². The second kappa shape index (κ2) is 8.99. The normalized spacial score (nSPS) is 16.5. The summed E-state index contributed by atoms with van der Waals surface area (Å²) in [5.41, 5.74) is 2.89. The van der Waals surface area contributed by atoms with Crippen LogP contribution >= 0.6 is 12.2 Å². The lowest BCUT2D eigenvalue weighted by molar-refractivity contribution is -0.167. The van der Waals surface area contributed by atoms with Gasteiger partial charge in [-0.2, -0.15) is 13.2 Å². The van der Waals surface area contributed by atoms with Crippen molar-refractivity contribution in [2.24, 2.45) is 0 Å². The number of halogens is 3. The highest BCUT2D eigenvalue weighted by atomic mass is 32.1. The van der Waals surface area contributed by atoms with Gasteiger partial charge in [0.05, 0.1) is 18.7 Å². The number of aryl methyl sites for hydroxylation is 1. The van der Waals surface area contributed by atoms with Crippen molar-refractivity contribution >= 4 is 40.6 Å². The molecule has 2 aromatic carbocycles. The van der Waals surface area contributed by atoms with Gasteiger partial charge in [0.1, 0.15) is 0 Å². The summed E-state index contributed by atoms with van der Waals surface area (Å²) in [7, 11) is 1.24. The first kappa shape index (κ1) is 23.3. The molecule has 168 valence electrons. The molecule has 0 radical (unpaired) electrons. The number of thiocarbonyl (C=S) groups is 1. The zero-order valence-corrected chi connectivity index (χ0v) is 18.2. The fraction of sp³-hybridized carbons (Fsp3) is 0.227. The molecule has 32 heavy (non-hydrogen) atoms. The Kier molecular flexibility index (Phi) is 6.54. The number of nitrogens with one attached hydrogen (secondary N) is 2. The van der Waals surface area contributed by atoms with Crippen LogP contribution in [0.2, 0.25) is 0 Å². The topological polar surface area (TPSA) is 70.7 Å². The van der Waals surface area contributed by atoms with Crippen LogP contribution in [-0.2, 0) is 14.3 Å². The van der Waals surface area contributed by atoms with Gasteiger partial charge in [0, 0.05) is 17.1 Å². The summed E-state index contributed by atoms with van der Waals surface area (Å²) in [6.45, 7) is 3.65. The highest BCUT2D eigenvalue weighted by molar-refractivity contribution is 7.80. The molecule has 1 heterocycles. The summed E-state index contributed by atoms with van der Waals surface area (Å²) in [6, 6.07) is 12.5. The van der Waals surface area contributed by atoms with Crippen LogP contribution < -0.4 is 15.5 Å². The maximum atomic E-state index is 12.7. The Labute approximate surface area is 188 Å². The van der Waals surface area contributed by atoms with Gasteiger partial charge in [-0.15, -0.1) is 0 Å². The Bertz CT molecular complexity index is 1100. The molecule has 0 aliphatic carbocycles. The Morgan fingerprint density at radius 2 is 1.78 bits per heavy atom. The predicted octanol–water partition coefficient (Wildman–Crippen LogP) is 4.38. The molecule has 0 spiro atoms. The number of alkyl halides is 3. The van der Waals surface area contributed by atoms with E-state index >= 15 is 0 Å². The molecule has 2 aromatic rings. The third kappa shape index (κ3) is 4.75. The van der Waals surface area contributed by atoms with E-state index in [2.05, 4.69) is 5.32 Å². The predicted molar refractivity (Wildman–Crippen MR) is 118 cm³/mol. The molecule has 1 amide bonds. The molecule has 1 aliphatic rings. The summed E-state index contributed by atoms with van der Waals surface area (Å²) in [5, 5.41) is 5.18. The lowest BCUT2D eigenvalue weighted by Gasteiger charge is -2.37. The van der Waals surface area contributed by atoms with E-state index in [9.17, 15) is 22.8 Å². The molecular weight excluding hydrogens is 443 g/mol. The van der Waals surface area contributed by atoms with E-state index in [4.69, 9.17) is 17.0 Å². The number of allylic oxidation sites excluding steroid dienone is 1. The van der Waals surface area contributed by atoms with E-state index in [0.29, 0.717) is 16.4 Å². The molecule has 0 aromatic heterocycles. The standard InChI is InChI=1S/C22H20F3N3O3S/c1-12-7-9-16(10-8-12)28-13(2)17(19(29)31-3)18(27-21(28)32)14-5-4-6-15(11-14)26-20(30)22(23,24)25/h4-11,18H,1-3H3,(H,26,30)(H,27,32). The second-order valence-corrected chi connectivity index (χ2v) is 7.51. The number of methoxy groups -OCH3 is 1. The van der Waals surface area contributed by atoms with Gasteiger partial charge in [-0.25, -0.2) is 4.79 Å². The number of esters is 1. The van der Waals surface area contributed by atoms with Crippen molar-refractivity contribution in [1.29, 1.82) is 0 Å². The van der Waals surface area contributed by atoms with Gasteiger partial charge in [0.2, 0.25) is 0 Å². The third-order valence-corrected chi connectivity index (χ3v) is 5.22. The van der Waals surface area contributed by atoms with Crippen molar-refractivity contribution in [3.63, 3.8) is 0 Å². The average Bonchev–Trinajstić information content (AvgIpc) is 2.73. The minimum absolute atomic E-state index is 0.0691. The summed E-state index contributed by atoms with van der Waals surface area (Å²) >= 11 is 5.53. The maximum absolute atomic E-state index is 12.7. The van der Waals surface area contributed by atoms with Gasteiger partial charge in [0.25, 0.3) is 0 Å². The van der Waals surface area contributed by atoms with Gasteiger partial charge in [-0.3, -0.25) is 9.69 Å². The number of benzene rings is 2. The van der Waals surface area contributed by atoms with E-state index in [1.807, 2.05) is 36.5 Å². The summed E-state index contributed by atoms with van der Waals surface area (Å²) in [5.74, 6) is -2.71. The van der Waals surface area contributed by atoms with Crippen LogP contribution in [0, 0.1) is 6.92 Å². The molecule has 2 N–H and O–H groups in total. The first-order valence-electron chi connectivity index (χ1n) is 9.47. The van der Waals surface area contributed by atoms with Crippen LogP contribution in [-0.4, -0.2) is 30.3 Å². The number of carbonyl (C=O) groups excluding carboxylic acids is 2. The first-order chi connectivity index (χ1) is 15.0. The minimum Gasteiger partial charge on any atom is -0.466 e. The summed E-state index contributed by atoms with van der Waals surface area (Å²) in [4.78, 5) is 25.7. The van der Waals surface area contributed by atoms with Crippen LogP contribution in [0.3, 0.4) is 0 Å². The number of nitrogens with zero attached hydrogens (tertiary/aromatic N) is 1. The van der Waals surface area contributed by atoms with E-state index in [1.54, 1.807) is 17.9 Å². The van der Waals surface area contributed by atoms with E-state index in [1.165, 1.54) is 25.3 Å². The molecule has 0 fully saturated rings. The van der Waals surface area contributed by atoms with Crippen molar-refractivity contribution in [3.05, 3.63) is 70.9 Å². The Morgan fingerprint density at radius 1 is 1.12 bits per heavy atom. The van der Waals surface area contributed by atoms with Crippen molar-refractivity contribution in [2.75, 3.05) is 17.3 Å². The number of ether oxygens (including phenoxy) is 1. The molecule has 10 heteroatoms. The fourth-order valence-electron chi connectivity index (χ4n) is 3.37. The third-order valence-electron chi connectivity index (χ3n) is 4.92. The number of rotatable bonds is 4.